The monoisotopic (exact) mass is 428 g/mol. The standard InChI is InChI=1S/C25H21N3O3.H3N/c1-16(29)31-12-6-11-28-15-20(19-9-4-5-10-23(19)28)24-25(30)27-22-14-18-8-3-2-7-17(18)13-21(22)26-24;/h2-5,7-10,13-15H,6,11-12H2,1H3,(H,27,30);1H3. The van der Waals surface area contributed by atoms with Crippen LogP contribution < -0.4 is 11.7 Å². The lowest BCUT2D eigenvalue weighted by molar-refractivity contribution is -0.141. The largest absolute Gasteiger partial charge is 0.466 e. The van der Waals surface area contributed by atoms with E-state index in [1.165, 1.54) is 6.92 Å². The molecule has 7 nitrogen and oxygen atoms in total. The van der Waals surface area contributed by atoms with Gasteiger partial charge in [0.1, 0.15) is 5.69 Å². The molecule has 0 saturated heterocycles. The molecule has 4 N–H and O–H groups in total. The van der Waals surface area contributed by atoms with Crippen molar-refractivity contribution in [1.29, 1.82) is 0 Å². The molecule has 0 radical (unpaired) electrons. The van der Waals surface area contributed by atoms with E-state index in [9.17, 15) is 9.59 Å². The molecule has 0 fully saturated rings. The zero-order valence-corrected chi connectivity index (χ0v) is 17.8. The van der Waals surface area contributed by atoms with Gasteiger partial charge in [-0.3, -0.25) is 9.59 Å². The number of rotatable bonds is 5. The smallest absolute Gasteiger partial charge is 0.302 e. The first-order valence-electron chi connectivity index (χ1n) is 10.2. The third-order valence-corrected chi connectivity index (χ3v) is 5.45. The number of esters is 1. The lowest BCUT2D eigenvalue weighted by Crippen LogP contribution is -2.11. The summed E-state index contributed by atoms with van der Waals surface area (Å²) in [6.45, 7) is 2.44. The highest BCUT2D eigenvalue weighted by atomic mass is 16.5. The number of hydrogen-bond donors (Lipinski definition) is 2. The fraction of sp³-hybridized carbons (Fsp3) is 0.160. The summed E-state index contributed by atoms with van der Waals surface area (Å²) in [6, 6.07) is 19.9. The Bertz CT molecular complexity index is 1500. The Kier molecular flexibility index (Phi) is 5.75. The van der Waals surface area contributed by atoms with E-state index in [4.69, 9.17) is 9.72 Å². The van der Waals surface area contributed by atoms with Crippen molar-refractivity contribution in [2.75, 3.05) is 6.61 Å². The highest BCUT2D eigenvalue weighted by molar-refractivity contribution is 5.98. The van der Waals surface area contributed by atoms with Crippen molar-refractivity contribution in [3.05, 3.63) is 77.2 Å². The third-order valence-electron chi connectivity index (χ3n) is 5.45. The van der Waals surface area contributed by atoms with E-state index in [0.717, 1.165) is 38.3 Å². The van der Waals surface area contributed by atoms with Gasteiger partial charge in [-0.25, -0.2) is 4.98 Å². The first-order valence-corrected chi connectivity index (χ1v) is 10.2. The highest BCUT2D eigenvalue weighted by Crippen LogP contribution is 2.29. The number of H-pyrrole nitrogens is 1. The molecule has 2 heterocycles. The van der Waals surface area contributed by atoms with Crippen molar-refractivity contribution < 1.29 is 9.53 Å². The van der Waals surface area contributed by atoms with E-state index >= 15 is 0 Å². The SMILES string of the molecule is CC(=O)OCCCn1cc(-c2nc3cc4ccccc4cc3[nH]c2=O)c2ccccc21.N. The molecular weight excluding hydrogens is 404 g/mol. The molecule has 0 spiro atoms. The zero-order chi connectivity index (χ0) is 21.4. The maximum absolute atomic E-state index is 13.0. The summed E-state index contributed by atoms with van der Waals surface area (Å²) in [5, 5.41) is 3.10. The van der Waals surface area contributed by atoms with Crippen LogP contribution in [0.15, 0.2) is 71.7 Å². The number of carbonyl (C=O) groups is 1. The van der Waals surface area contributed by atoms with Crippen LogP contribution in [0.3, 0.4) is 0 Å². The predicted molar refractivity (Wildman–Crippen MR) is 127 cm³/mol. The van der Waals surface area contributed by atoms with Crippen LogP contribution in [0.25, 0.3) is 44.0 Å². The second-order valence-corrected chi connectivity index (χ2v) is 7.58. The van der Waals surface area contributed by atoms with E-state index in [-0.39, 0.29) is 17.7 Å². The van der Waals surface area contributed by atoms with Gasteiger partial charge in [0.25, 0.3) is 5.56 Å². The number of fused-ring (bicyclic) bond motifs is 3. The van der Waals surface area contributed by atoms with Crippen molar-refractivity contribution >= 4 is 38.7 Å². The Morgan fingerprint density at radius 3 is 2.56 bits per heavy atom. The fourth-order valence-electron chi connectivity index (χ4n) is 4.03. The molecular formula is C25H24N4O3. The minimum atomic E-state index is -0.280. The summed E-state index contributed by atoms with van der Waals surface area (Å²) in [5.74, 6) is -0.280. The van der Waals surface area contributed by atoms with Crippen molar-refractivity contribution in [3.8, 4) is 11.3 Å². The van der Waals surface area contributed by atoms with Gasteiger partial charge in [-0.1, -0.05) is 42.5 Å². The molecule has 0 aliphatic rings. The molecule has 0 aliphatic carbocycles. The number of hydrogen-bond acceptors (Lipinski definition) is 5. The highest BCUT2D eigenvalue weighted by Gasteiger charge is 2.15. The van der Waals surface area contributed by atoms with Gasteiger partial charge in [-0.05, 0) is 35.4 Å². The number of aromatic amines is 1. The maximum Gasteiger partial charge on any atom is 0.302 e. The Morgan fingerprint density at radius 2 is 1.78 bits per heavy atom. The second kappa shape index (κ2) is 8.64. The molecule has 0 amide bonds. The van der Waals surface area contributed by atoms with Gasteiger partial charge in [-0.15, -0.1) is 0 Å². The van der Waals surface area contributed by atoms with Crippen molar-refractivity contribution in [2.24, 2.45) is 0 Å². The summed E-state index contributed by atoms with van der Waals surface area (Å²) >= 11 is 0. The van der Waals surface area contributed by atoms with E-state index < -0.39 is 0 Å². The Balaban J connectivity index is 0.00000245. The van der Waals surface area contributed by atoms with Crippen LogP contribution >= 0.6 is 0 Å². The van der Waals surface area contributed by atoms with Gasteiger partial charge in [-0.2, -0.15) is 0 Å². The van der Waals surface area contributed by atoms with Crippen molar-refractivity contribution in [2.45, 2.75) is 19.9 Å². The van der Waals surface area contributed by atoms with Crippen LogP contribution in [0.4, 0.5) is 0 Å². The molecule has 0 atom stereocenters. The molecule has 0 bridgehead atoms. The summed E-state index contributed by atoms with van der Waals surface area (Å²) in [5.41, 5.74) is 3.46. The Labute approximate surface area is 184 Å². The summed E-state index contributed by atoms with van der Waals surface area (Å²) in [6.07, 6.45) is 2.65. The van der Waals surface area contributed by atoms with Gasteiger partial charge in [0.05, 0.1) is 17.6 Å². The average molecular weight is 428 g/mol. The minimum Gasteiger partial charge on any atom is -0.466 e. The first kappa shape index (κ1) is 21.3. The fourth-order valence-corrected chi connectivity index (χ4v) is 4.03. The molecule has 0 aliphatic heterocycles. The molecule has 2 aromatic heterocycles. The van der Waals surface area contributed by atoms with Gasteiger partial charge < -0.3 is 20.4 Å². The first-order chi connectivity index (χ1) is 15.1. The molecule has 7 heteroatoms. The third kappa shape index (κ3) is 3.86. The minimum absolute atomic E-state index is 0. The molecule has 5 aromatic rings. The molecule has 162 valence electrons. The lowest BCUT2D eigenvalue weighted by atomic mass is 10.1. The number of para-hydroxylation sites is 1. The molecule has 0 saturated carbocycles. The predicted octanol–water partition coefficient (Wildman–Crippen LogP) is 4.81. The number of ether oxygens (including phenoxy) is 1. The summed E-state index contributed by atoms with van der Waals surface area (Å²) < 4.78 is 7.13. The topological polar surface area (TPSA) is 112 Å². The van der Waals surface area contributed by atoms with Crippen LogP contribution in [0.2, 0.25) is 0 Å². The molecule has 0 unspecified atom stereocenters. The Morgan fingerprint density at radius 1 is 1.06 bits per heavy atom. The number of carbonyl (C=O) groups excluding carboxylic acids is 1. The van der Waals surface area contributed by atoms with E-state index in [2.05, 4.69) is 9.55 Å². The van der Waals surface area contributed by atoms with Crippen molar-refractivity contribution in [1.82, 2.24) is 20.7 Å². The summed E-state index contributed by atoms with van der Waals surface area (Å²) in [4.78, 5) is 31.7. The van der Waals surface area contributed by atoms with E-state index in [1.807, 2.05) is 66.9 Å². The van der Waals surface area contributed by atoms with Gasteiger partial charge >= 0.3 is 5.97 Å². The summed E-state index contributed by atoms with van der Waals surface area (Å²) in [7, 11) is 0. The zero-order valence-electron chi connectivity index (χ0n) is 17.8. The van der Waals surface area contributed by atoms with Crippen LogP contribution in [0, 0.1) is 0 Å². The molecule has 3 aromatic carbocycles. The van der Waals surface area contributed by atoms with Gasteiger partial charge in [0.2, 0.25) is 0 Å². The van der Waals surface area contributed by atoms with Gasteiger partial charge in [0, 0.05) is 36.1 Å². The lowest BCUT2D eigenvalue weighted by Gasteiger charge is -2.05. The normalized spacial score (nSPS) is 11.0. The number of benzene rings is 3. The van der Waals surface area contributed by atoms with Gasteiger partial charge in [0.15, 0.2) is 0 Å². The van der Waals surface area contributed by atoms with Crippen LogP contribution in [0.1, 0.15) is 13.3 Å². The number of nitrogens with zero attached hydrogens (tertiary/aromatic N) is 2. The van der Waals surface area contributed by atoms with E-state index in [1.54, 1.807) is 0 Å². The number of aryl methyl sites for hydroxylation is 1. The molecule has 5 rings (SSSR count). The quantitative estimate of drug-likeness (QED) is 0.237. The van der Waals surface area contributed by atoms with Crippen LogP contribution in [0.5, 0.6) is 0 Å². The second-order valence-electron chi connectivity index (χ2n) is 7.58. The number of nitrogens with one attached hydrogen (secondary N) is 1. The molecule has 32 heavy (non-hydrogen) atoms. The van der Waals surface area contributed by atoms with Crippen LogP contribution in [-0.4, -0.2) is 27.1 Å². The van der Waals surface area contributed by atoms with Crippen LogP contribution in [-0.2, 0) is 16.1 Å². The Hall–Kier alpha value is -3.97. The average Bonchev–Trinajstić information content (AvgIpc) is 3.13. The van der Waals surface area contributed by atoms with E-state index in [0.29, 0.717) is 25.3 Å². The van der Waals surface area contributed by atoms with Crippen molar-refractivity contribution in [3.63, 3.8) is 0 Å². The number of aromatic nitrogens is 3. The maximum atomic E-state index is 13.0.